The number of carbonyl (C=O) groups excluding carboxylic acids is 1. The fourth-order valence-electron chi connectivity index (χ4n) is 2.12. The van der Waals surface area contributed by atoms with E-state index in [9.17, 15) is 4.79 Å². The number of hydrogen-bond donors (Lipinski definition) is 1. The van der Waals surface area contributed by atoms with Crippen molar-refractivity contribution in [1.29, 1.82) is 0 Å². The highest BCUT2D eigenvalue weighted by Crippen LogP contribution is 2.28. The highest BCUT2D eigenvalue weighted by Gasteiger charge is 2.05. The van der Waals surface area contributed by atoms with Crippen LogP contribution in [0.5, 0.6) is 11.5 Å². The Hall–Kier alpha value is -2.79. The molecule has 0 saturated carbocycles. The second-order valence-corrected chi connectivity index (χ2v) is 5.75. The Kier molecular flexibility index (Phi) is 7.04. The van der Waals surface area contributed by atoms with Crippen LogP contribution < -0.4 is 14.8 Å². The number of rotatable bonds is 8. The van der Waals surface area contributed by atoms with E-state index in [0.29, 0.717) is 18.1 Å². The second kappa shape index (κ2) is 9.49. The van der Waals surface area contributed by atoms with Crippen LogP contribution in [0.3, 0.4) is 0 Å². The van der Waals surface area contributed by atoms with Gasteiger partial charge in [-0.25, -0.2) is 0 Å². The monoisotopic (exact) mass is 340 g/mol. The number of para-hydroxylation sites is 1. The third-order valence-electron chi connectivity index (χ3n) is 3.45. The largest absolute Gasteiger partial charge is 0.493 e. The normalized spacial score (nSPS) is 10.9. The van der Waals surface area contributed by atoms with Gasteiger partial charge in [-0.3, -0.25) is 4.79 Å². The van der Waals surface area contributed by atoms with Crippen molar-refractivity contribution in [3.05, 3.63) is 60.2 Å². The summed E-state index contributed by atoms with van der Waals surface area (Å²) in [6.07, 6.45) is 3.23. The summed E-state index contributed by atoms with van der Waals surface area (Å²) < 4.78 is 11.1. The molecule has 0 aromatic heterocycles. The fraction of sp³-hybridized carbons (Fsp3) is 0.250. The van der Waals surface area contributed by atoms with Crippen LogP contribution in [0.25, 0.3) is 6.08 Å². The molecular formula is C20H24N2O3. The molecule has 1 N–H and O–H groups in total. The summed E-state index contributed by atoms with van der Waals surface area (Å²) in [5.41, 5.74) is 1.62. The summed E-state index contributed by atoms with van der Waals surface area (Å²) >= 11 is 0. The minimum Gasteiger partial charge on any atom is -0.493 e. The summed E-state index contributed by atoms with van der Waals surface area (Å²) in [6, 6.07) is 14.9. The molecule has 0 radical (unpaired) electrons. The molecule has 0 atom stereocenters. The minimum absolute atomic E-state index is 0.184. The molecule has 1 amide bonds. The van der Waals surface area contributed by atoms with E-state index < -0.39 is 0 Å². The molecule has 2 aromatic rings. The molecule has 0 aliphatic carbocycles. The molecule has 0 unspecified atom stereocenters. The predicted molar refractivity (Wildman–Crippen MR) is 101 cm³/mol. The van der Waals surface area contributed by atoms with Crippen LogP contribution in [-0.2, 0) is 4.79 Å². The molecule has 0 fully saturated rings. The van der Waals surface area contributed by atoms with Crippen molar-refractivity contribution in [2.45, 2.75) is 0 Å². The molecule has 132 valence electrons. The fourth-order valence-corrected chi connectivity index (χ4v) is 2.12. The van der Waals surface area contributed by atoms with E-state index >= 15 is 0 Å². The van der Waals surface area contributed by atoms with Gasteiger partial charge in [0.05, 0.1) is 7.11 Å². The summed E-state index contributed by atoms with van der Waals surface area (Å²) in [5, 5.41) is 2.80. The Morgan fingerprint density at radius 2 is 1.88 bits per heavy atom. The maximum Gasteiger partial charge on any atom is 0.248 e. The number of amides is 1. The number of carbonyl (C=O) groups is 1. The van der Waals surface area contributed by atoms with Gasteiger partial charge < -0.3 is 19.7 Å². The lowest BCUT2D eigenvalue weighted by atomic mass is 10.2. The lowest BCUT2D eigenvalue weighted by Gasteiger charge is -2.13. The van der Waals surface area contributed by atoms with Crippen molar-refractivity contribution < 1.29 is 14.3 Å². The van der Waals surface area contributed by atoms with Gasteiger partial charge >= 0.3 is 0 Å². The van der Waals surface area contributed by atoms with E-state index in [1.807, 2.05) is 62.6 Å². The SMILES string of the molecule is COc1cc(/C=C/C(=O)Nc2ccccc2)ccc1OCCN(C)C. The molecule has 0 spiro atoms. The smallest absolute Gasteiger partial charge is 0.248 e. The van der Waals surface area contributed by atoms with Crippen LogP contribution in [0, 0.1) is 0 Å². The quantitative estimate of drug-likeness (QED) is 0.749. The Bertz CT molecular complexity index is 712. The van der Waals surface area contributed by atoms with Crippen molar-refractivity contribution in [2.24, 2.45) is 0 Å². The molecule has 0 bridgehead atoms. The first kappa shape index (κ1) is 18.5. The van der Waals surface area contributed by atoms with E-state index in [-0.39, 0.29) is 5.91 Å². The van der Waals surface area contributed by atoms with Crippen molar-refractivity contribution in [1.82, 2.24) is 4.90 Å². The number of ether oxygens (including phenoxy) is 2. The third kappa shape index (κ3) is 6.31. The molecule has 0 saturated heterocycles. The van der Waals surface area contributed by atoms with Crippen LogP contribution in [-0.4, -0.2) is 45.2 Å². The number of nitrogens with one attached hydrogen (secondary N) is 1. The number of anilines is 1. The predicted octanol–water partition coefficient (Wildman–Crippen LogP) is 3.29. The second-order valence-electron chi connectivity index (χ2n) is 5.75. The average molecular weight is 340 g/mol. The van der Waals surface area contributed by atoms with Gasteiger partial charge in [0.2, 0.25) is 5.91 Å². The summed E-state index contributed by atoms with van der Waals surface area (Å²) in [6.45, 7) is 1.41. The Labute approximate surface area is 148 Å². The molecule has 5 nitrogen and oxygen atoms in total. The van der Waals surface area contributed by atoms with Gasteiger partial charge in [-0.2, -0.15) is 0 Å². The molecule has 0 heterocycles. The van der Waals surface area contributed by atoms with Gasteiger partial charge in [0.25, 0.3) is 0 Å². The number of likely N-dealkylation sites (N-methyl/N-ethyl adjacent to an activating group) is 1. The summed E-state index contributed by atoms with van der Waals surface area (Å²) in [4.78, 5) is 14.0. The van der Waals surface area contributed by atoms with Crippen molar-refractivity contribution in [3.8, 4) is 11.5 Å². The molecule has 5 heteroatoms. The van der Waals surface area contributed by atoms with Gasteiger partial charge in [-0.15, -0.1) is 0 Å². The zero-order valence-electron chi connectivity index (χ0n) is 14.9. The van der Waals surface area contributed by atoms with Crippen molar-refractivity contribution >= 4 is 17.7 Å². The zero-order valence-corrected chi connectivity index (χ0v) is 14.9. The number of benzene rings is 2. The third-order valence-corrected chi connectivity index (χ3v) is 3.45. The summed E-state index contributed by atoms with van der Waals surface area (Å²) in [5.74, 6) is 1.15. The van der Waals surface area contributed by atoms with E-state index in [2.05, 4.69) is 10.2 Å². The Morgan fingerprint density at radius 1 is 1.12 bits per heavy atom. The van der Waals surface area contributed by atoms with Crippen LogP contribution in [0.2, 0.25) is 0 Å². The van der Waals surface area contributed by atoms with E-state index in [1.165, 1.54) is 6.08 Å². The topological polar surface area (TPSA) is 50.8 Å². The first-order valence-corrected chi connectivity index (χ1v) is 8.08. The molecule has 25 heavy (non-hydrogen) atoms. The van der Waals surface area contributed by atoms with Gasteiger partial charge in [-0.05, 0) is 50.0 Å². The lowest BCUT2D eigenvalue weighted by Crippen LogP contribution is -2.19. The Balaban J connectivity index is 1.98. The number of hydrogen-bond acceptors (Lipinski definition) is 4. The van der Waals surface area contributed by atoms with Crippen LogP contribution in [0.1, 0.15) is 5.56 Å². The average Bonchev–Trinajstić information content (AvgIpc) is 2.61. The van der Waals surface area contributed by atoms with Crippen LogP contribution in [0.15, 0.2) is 54.6 Å². The first-order valence-electron chi connectivity index (χ1n) is 8.08. The molecule has 2 rings (SSSR count). The van der Waals surface area contributed by atoms with Crippen LogP contribution >= 0.6 is 0 Å². The number of methoxy groups -OCH3 is 1. The van der Waals surface area contributed by atoms with Crippen molar-refractivity contribution in [2.75, 3.05) is 39.7 Å². The maximum atomic E-state index is 12.0. The zero-order chi connectivity index (χ0) is 18.1. The van der Waals surface area contributed by atoms with Gasteiger partial charge in [0.15, 0.2) is 11.5 Å². The van der Waals surface area contributed by atoms with Crippen molar-refractivity contribution in [3.63, 3.8) is 0 Å². The molecule has 0 aliphatic rings. The van der Waals surface area contributed by atoms with E-state index in [4.69, 9.17) is 9.47 Å². The number of nitrogens with zero attached hydrogens (tertiary/aromatic N) is 1. The maximum absolute atomic E-state index is 12.0. The standard InChI is InChI=1S/C20H24N2O3/c1-22(2)13-14-25-18-11-9-16(15-19(18)24-3)10-12-20(23)21-17-7-5-4-6-8-17/h4-12,15H,13-14H2,1-3H3,(H,21,23)/b12-10+. The minimum atomic E-state index is -0.184. The van der Waals surface area contributed by atoms with Gasteiger partial charge in [-0.1, -0.05) is 24.3 Å². The van der Waals surface area contributed by atoms with Gasteiger partial charge in [0, 0.05) is 18.3 Å². The van der Waals surface area contributed by atoms with E-state index in [1.54, 1.807) is 13.2 Å². The van der Waals surface area contributed by atoms with Gasteiger partial charge in [0.1, 0.15) is 6.61 Å². The highest BCUT2D eigenvalue weighted by molar-refractivity contribution is 6.01. The van der Waals surface area contributed by atoms with E-state index in [0.717, 1.165) is 17.8 Å². The lowest BCUT2D eigenvalue weighted by molar-refractivity contribution is -0.111. The molecule has 0 aliphatic heterocycles. The molecular weight excluding hydrogens is 316 g/mol. The Morgan fingerprint density at radius 3 is 2.56 bits per heavy atom. The highest BCUT2D eigenvalue weighted by atomic mass is 16.5. The summed E-state index contributed by atoms with van der Waals surface area (Å²) in [7, 11) is 5.59. The first-order chi connectivity index (χ1) is 12.1. The molecule has 2 aromatic carbocycles. The van der Waals surface area contributed by atoms with Crippen LogP contribution in [0.4, 0.5) is 5.69 Å².